The molecule has 0 saturated heterocycles. The summed E-state index contributed by atoms with van der Waals surface area (Å²) >= 11 is 0. The van der Waals surface area contributed by atoms with E-state index in [1.807, 2.05) is 0 Å². The first-order valence-electron chi connectivity index (χ1n) is 9.85. The van der Waals surface area contributed by atoms with Gasteiger partial charge in [-0.2, -0.15) is 27.1 Å². The first kappa shape index (κ1) is 22.7. The zero-order valence-corrected chi connectivity index (χ0v) is 17.2. The average Bonchev–Trinajstić information content (AvgIpc) is 3.33. The molecule has 8 nitrogen and oxygen atoms in total. The van der Waals surface area contributed by atoms with Crippen molar-refractivity contribution in [3.05, 3.63) is 70.0 Å². The van der Waals surface area contributed by atoms with Crippen LogP contribution in [0.1, 0.15) is 29.8 Å². The normalized spacial score (nSPS) is 16.7. The Bertz CT molecular complexity index is 1180. The second kappa shape index (κ2) is 8.81. The van der Waals surface area contributed by atoms with E-state index >= 15 is 0 Å². The number of rotatable bonds is 7. The third-order valence-electron chi connectivity index (χ3n) is 5.05. The van der Waals surface area contributed by atoms with E-state index in [0.717, 1.165) is 12.1 Å². The lowest BCUT2D eigenvalue weighted by Crippen LogP contribution is -2.36. The predicted molar refractivity (Wildman–Crippen MR) is 108 cm³/mol. The van der Waals surface area contributed by atoms with Crippen LogP contribution in [0.2, 0.25) is 0 Å². The van der Waals surface area contributed by atoms with Crippen molar-refractivity contribution in [2.24, 2.45) is 0 Å². The zero-order chi connectivity index (χ0) is 23.8. The van der Waals surface area contributed by atoms with E-state index in [1.54, 1.807) is 17.2 Å². The van der Waals surface area contributed by atoms with Gasteiger partial charge >= 0.3 is 12.8 Å². The summed E-state index contributed by atoms with van der Waals surface area (Å²) in [6.07, 6.45) is -1.73. The number of hydrogen-bond acceptors (Lipinski definition) is 6. The maximum Gasteiger partial charge on any atom is 0.416 e. The Morgan fingerprint density at radius 1 is 1.27 bits per heavy atom. The van der Waals surface area contributed by atoms with Crippen molar-refractivity contribution in [3.63, 3.8) is 0 Å². The molecule has 3 aromatic rings. The number of H-pyrrole nitrogens is 1. The summed E-state index contributed by atoms with van der Waals surface area (Å²) in [5, 5.41) is 7.21. The van der Waals surface area contributed by atoms with E-state index in [-0.39, 0.29) is 24.6 Å². The van der Waals surface area contributed by atoms with Gasteiger partial charge in [-0.25, -0.2) is 4.98 Å². The molecule has 0 fully saturated rings. The fraction of sp³-hybridized carbons (Fsp3) is 0.350. The van der Waals surface area contributed by atoms with Crippen LogP contribution < -0.4 is 15.8 Å². The maximum absolute atomic E-state index is 13.0. The fourth-order valence-corrected chi connectivity index (χ4v) is 3.67. The van der Waals surface area contributed by atoms with Crippen molar-refractivity contribution in [2.45, 2.75) is 38.5 Å². The third-order valence-corrected chi connectivity index (χ3v) is 5.05. The van der Waals surface area contributed by atoms with Gasteiger partial charge in [0, 0.05) is 18.3 Å². The average molecular weight is 470 g/mol. The minimum atomic E-state index is -4.46. The Balaban J connectivity index is 1.58. The molecule has 0 bridgehead atoms. The van der Waals surface area contributed by atoms with Gasteiger partial charge in [0.15, 0.2) is 5.82 Å². The number of benzene rings is 1. The fourth-order valence-electron chi connectivity index (χ4n) is 3.67. The molecule has 2 N–H and O–H groups in total. The van der Waals surface area contributed by atoms with Crippen molar-refractivity contribution in [1.82, 2.24) is 19.7 Å². The predicted octanol–water partition coefficient (Wildman–Crippen LogP) is 3.59. The molecule has 2 atom stereocenters. The van der Waals surface area contributed by atoms with Crippen LogP contribution in [0.3, 0.4) is 0 Å². The van der Waals surface area contributed by atoms with Crippen LogP contribution >= 0.6 is 0 Å². The number of aromatic amines is 1. The third kappa shape index (κ3) is 4.97. The second-order valence-electron chi connectivity index (χ2n) is 7.51. The van der Waals surface area contributed by atoms with Crippen LogP contribution in [0.25, 0.3) is 0 Å². The number of anilines is 2. The molecule has 4 rings (SSSR count). The zero-order valence-electron chi connectivity index (χ0n) is 17.2. The van der Waals surface area contributed by atoms with Gasteiger partial charge in [-0.05, 0) is 24.6 Å². The van der Waals surface area contributed by atoms with Gasteiger partial charge in [-0.1, -0.05) is 12.1 Å². The summed E-state index contributed by atoms with van der Waals surface area (Å²) < 4.78 is 70.2. The van der Waals surface area contributed by atoms with Crippen molar-refractivity contribution < 1.29 is 26.7 Å². The highest BCUT2D eigenvalue weighted by atomic mass is 19.4. The summed E-state index contributed by atoms with van der Waals surface area (Å²) in [5.74, 6) is 0.263. The minimum absolute atomic E-state index is 0.00965. The number of aromatic nitrogens is 4. The molecule has 1 aliphatic rings. The summed E-state index contributed by atoms with van der Waals surface area (Å²) in [5.41, 5.74) is -0.0758. The van der Waals surface area contributed by atoms with Crippen LogP contribution in [0, 0.1) is 0 Å². The molecule has 2 unspecified atom stereocenters. The van der Waals surface area contributed by atoms with Crippen LogP contribution in [0.4, 0.5) is 33.5 Å². The van der Waals surface area contributed by atoms with Gasteiger partial charge in [0.1, 0.15) is 11.9 Å². The summed E-state index contributed by atoms with van der Waals surface area (Å²) in [6, 6.07) is 4.91. The highest BCUT2D eigenvalue weighted by molar-refractivity contribution is 5.71. The van der Waals surface area contributed by atoms with Crippen LogP contribution in [-0.4, -0.2) is 39.0 Å². The number of nitrogens with one attached hydrogen (secondary N) is 2. The first-order valence-corrected chi connectivity index (χ1v) is 9.85. The van der Waals surface area contributed by atoms with E-state index in [0.29, 0.717) is 11.1 Å². The molecule has 0 aliphatic carbocycles. The van der Waals surface area contributed by atoms with E-state index in [2.05, 4.69) is 25.1 Å². The van der Waals surface area contributed by atoms with Crippen molar-refractivity contribution in [1.29, 1.82) is 0 Å². The topological polar surface area (TPSA) is 88.1 Å². The first-order chi connectivity index (χ1) is 15.6. The Labute approximate surface area is 184 Å². The summed E-state index contributed by atoms with van der Waals surface area (Å²) in [7, 11) is 0. The van der Waals surface area contributed by atoms with Crippen LogP contribution in [-0.2, 0) is 17.5 Å². The molecule has 0 saturated carbocycles. The molecule has 3 heterocycles. The number of nitrogens with zero attached hydrogens (tertiary/aromatic N) is 4. The minimum Gasteiger partial charge on any atom is -0.354 e. The molecule has 1 aromatic carbocycles. The lowest BCUT2D eigenvalue weighted by molar-refractivity contribution is -0.155. The number of halogens is 5. The van der Waals surface area contributed by atoms with Crippen LogP contribution in [0.5, 0.6) is 0 Å². The molecular formula is C20H19F5N6O2. The quantitative estimate of drug-likeness (QED) is 0.514. The Kier molecular flexibility index (Phi) is 6.06. The van der Waals surface area contributed by atoms with E-state index < -0.39 is 36.2 Å². The standard InChI is InChI=1S/C20H19F5N6O2/c1-11(33-19(21)22)7-31-16(29-15-17(31)26-10-27-18(15)32)13-6-28-30(9-13)8-12-3-2-4-14(5-12)20(23,24)25/h2-6,9-11,16,19,29H,7-8H2,1H3,(H,26,27,32). The molecule has 33 heavy (non-hydrogen) atoms. The molecule has 1 aliphatic heterocycles. The SMILES string of the molecule is CC(CN1c2nc[nH]c(=O)c2NC1c1cnn(Cc2cccc(C(F)(F)F)c2)c1)OC(F)F. The smallest absolute Gasteiger partial charge is 0.354 e. The Hall–Kier alpha value is -3.48. The molecule has 0 spiro atoms. The molecular weight excluding hydrogens is 451 g/mol. The lowest BCUT2D eigenvalue weighted by atomic mass is 10.1. The number of hydrogen-bond donors (Lipinski definition) is 2. The van der Waals surface area contributed by atoms with Gasteiger partial charge in [0.25, 0.3) is 5.56 Å². The molecule has 2 aromatic heterocycles. The van der Waals surface area contributed by atoms with Crippen LogP contribution in [0.15, 0.2) is 47.8 Å². The monoisotopic (exact) mass is 470 g/mol. The van der Waals surface area contributed by atoms with E-state index in [4.69, 9.17) is 0 Å². The van der Waals surface area contributed by atoms with Gasteiger partial charge in [0.05, 0.1) is 30.7 Å². The molecule has 13 heteroatoms. The second-order valence-corrected chi connectivity index (χ2v) is 7.51. The lowest BCUT2D eigenvalue weighted by Gasteiger charge is -2.27. The largest absolute Gasteiger partial charge is 0.416 e. The van der Waals surface area contributed by atoms with Crippen molar-refractivity contribution >= 4 is 11.5 Å². The Morgan fingerprint density at radius 3 is 2.79 bits per heavy atom. The molecule has 176 valence electrons. The summed E-state index contributed by atoms with van der Waals surface area (Å²) in [4.78, 5) is 20.4. The van der Waals surface area contributed by atoms with E-state index in [1.165, 1.54) is 30.2 Å². The van der Waals surface area contributed by atoms with Gasteiger partial charge in [0.2, 0.25) is 0 Å². The Morgan fingerprint density at radius 2 is 2.06 bits per heavy atom. The van der Waals surface area contributed by atoms with Gasteiger partial charge in [-0.3, -0.25) is 9.48 Å². The highest BCUT2D eigenvalue weighted by Gasteiger charge is 2.35. The number of alkyl halides is 5. The van der Waals surface area contributed by atoms with E-state index in [9.17, 15) is 26.7 Å². The molecule has 0 amide bonds. The highest BCUT2D eigenvalue weighted by Crippen LogP contribution is 2.37. The summed E-state index contributed by atoms with van der Waals surface area (Å²) in [6.45, 7) is -1.43. The van der Waals surface area contributed by atoms with Gasteiger partial charge < -0.3 is 19.9 Å². The number of ether oxygens (including phenoxy) is 1. The number of fused-ring (bicyclic) bond motifs is 1. The molecule has 0 radical (unpaired) electrons. The van der Waals surface area contributed by atoms with Gasteiger partial charge in [-0.15, -0.1) is 0 Å². The maximum atomic E-state index is 13.0. The van der Waals surface area contributed by atoms with Crippen molar-refractivity contribution in [2.75, 3.05) is 16.8 Å². The van der Waals surface area contributed by atoms with Crippen molar-refractivity contribution in [3.8, 4) is 0 Å².